The number of amides is 1. The lowest BCUT2D eigenvalue weighted by molar-refractivity contribution is -0.143. The monoisotopic (exact) mass is 495 g/mol. The Balaban J connectivity index is 1.72. The van der Waals surface area contributed by atoms with Crippen molar-refractivity contribution >= 4 is 11.6 Å². The lowest BCUT2D eigenvalue weighted by Gasteiger charge is -2.30. The van der Waals surface area contributed by atoms with Gasteiger partial charge in [0, 0.05) is 30.1 Å². The van der Waals surface area contributed by atoms with Crippen molar-refractivity contribution in [3.63, 3.8) is 0 Å². The highest BCUT2D eigenvalue weighted by Gasteiger charge is 2.59. The van der Waals surface area contributed by atoms with Crippen molar-refractivity contribution in [1.82, 2.24) is 9.78 Å². The fourth-order valence-corrected chi connectivity index (χ4v) is 4.56. The van der Waals surface area contributed by atoms with Crippen LogP contribution in [0.1, 0.15) is 49.0 Å². The van der Waals surface area contributed by atoms with Gasteiger partial charge < -0.3 is 15.2 Å². The first-order valence-electron chi connectivity index (χ1n) is 10.4. The van der Waals surface area contributed by atoms with Crippen LogP contribution in [0.3, 0.4) is 0 Å². The van der Waals surface area contributed by atoms with Gasteiger partial charge in [0.2, 0.25) is 5.91 Å². The van der Waals surface area contributed by atoms with Gasteiger partial charge in [-0.1, -0.05) is 0 Å². The molecule has 0 spiro atoms. The number of anilines is 1. The summed E-state index contributed by atoms with van der Waals surface area (Å²) in [5, 5.41) is 15.9. The van der Waals surface area contributed by atoms with Crippen molar-refractivity contribution in [3.05, 3.63) is 47.0 Å². The number of carbonyl (C=O) groups excluding carboxylic acids is 1. The molecule has 2 aliphatic heterocycles. The van der Waals surface area contributed by atoms with E-state index < -0.39 is 77.2 Å². The van der Waals surface area contributed by atoms with Gasteiger partial charge in [0.15, 0.2) is 5.69 Å². The second kappa shape index (κ2) is 8.22. The minimum Gasteiger partial charge on any atom is -0.390 e. The molecule has 13 heteroatoms. The summed E-state index contributed by atoms with van der Waals surface area (Å²) in [4.78, 5) is 13.1. The number of nitrogens with one attached hydrogen (secondary N) is 1. The van der Waals surface area contributed by atoms with Crippen LogP contribution in [0.25, 0.3) is 0 Å². The Kier molecular flexibility index (Phi) is 5.91. The largest absolute Gasteiger partial charge is 0.435 e. The quantitative estimate of drug-likeness (QED) is 0.613. The molecule has 2 saturated heterocycles. The average Bonchev–Trinajstić information content (AvgIpc) is 3.39. The van der Waals surface area contributed by atoms with Crippen LogP contribution >= 0.6 is 0 Å². The van der Waals surface area contributed by atoms with E-state index in [0.29, 0.717) is 18.2 Å². The van der Waals surface area contributed by atoms with E-state index in [-0.39, 0.29) is 12.0 Å². The van der Waals surface area contributed by atoms with Crippen molar-refractivity contribution in [2.75, 3.05) is 5.32 Å². The maximum absolute atomic E-state index is 14.2. The highest BCUT2D eigenvalue weighted by Crippen LogP contribution is 2.51. The van der Waals surface area contributed by atoms with Gasteiger partial charge in [-0.05, 0) is 32.0 Å². The van der Waals surface area contributed by atoms with Crippen LogP contribution in [0, 0.1) is 11.7 Å². The molecule has 5 atom stereocenters. The summed E-state index contributed by atoms with van der Waals surface area (Å²) < 4.78 is 101. The molecule has 0 saturated carbocycles. The normalized spacial score (nSPS) is 27.0. The van der Waals surface area contributed by atoms with E-state index in [2.05, 4.69) is 10.4 Å². The Morgan fingerprint density at radius 3 is 2.47 bits per heavy atom. The highest BCUT2D eigenvalue weighted by molar-refractivity contribution is 5.94. The van der Waals surface area contributed by atoms with Crippen molar-refractivity contribution in [3.8, 4) is 0 Å². The van der Waals surface area contributed by atoms with Gasteiger partial charge in [-0.2, -0.15) is 31.4 Å². The number of hydrogen-bond acceptors (Lipinski definition) is 4. The molecular formula is C21H20F7N3O3. The number of aliphatic hydroxyl groups is 1. The zero-order valence-corrected chi connectivity index (χ0v) is 17.8. The van der Waals surface area contributed by atoms with Gasteiger partial charge in [-0.25, -0.2) is 4.39 Å². The summed E-state index contributed by atoms with van der Waals surface area (Å²) in [5.41, 5.74) is -3.61. The van der Waals surface area contributed by atoms with Crippen LogP contribution in [-0.2, 0) is 21.9 Å². The number of nitrogens with zero attached hydrogens (tertiary/aromatic N) is 2. The van der Waals surface area contributed by atoms with Crippen LogP contribution < -0.4 is 5.32 Å². The van der Waals surface area contributed by atoms with E-state index >= 15 is 0 Å². The SMILES string of the molecule is CC(C)n1cc(C2C3OC(CC3O)C2C(=O)Nc2cc(C(F)(F)F)ccc2F)c(C(F)(F)F)n1. The first kappa shape index (κ1) is 24.5. The number of hydrogen-bond donors (Lipinski definition) is 2. The summed E-state index contributed by atoms with van der Waals surface area (Å²) >= 11 is 0. The van der Waals surface area contributed by atoms with E-state index in [0.717, 1.165) is 10.9 Å². The predicted octanol–water partition coefficient (Wildman–Crippen LogP) is 4.51. The van der Waals surface area contributed by atoms with Crippen LogP contribution in [0.15, 0.2) is 24.4 Å². The van der Waals surface area contributed by atoms with Crippen LogP contribution in [0.4, 0.5) is 36.4 Å². The summed E-state index contributed by atoms with van der Waals surface area (Å²) in [6, 6.07) is 0.987. The molecule has 4 rings (SSSR count). The molecule has 1 amide bonds. The lowest BCUT2D eigenvalue weighted by atomic mass is 9.73. The van der Waals surface area contributed by atoms with Crippen molar-refractivity contribution in [1.29, 1.82) is 0 Å². The van der Waals surface area contributed by atoms with E-state index in [1.54, 1.807) is 13.8 Å². The molecule has 34 heavy (non-hydrogen) atoms. The van der Waals surface area contributed by atoms with Crippen molar-refractivity contribution in [2.45, 2.75) is 62.9 Å². The number of ether oxygens (including phenoxy) is 1. The molecule has 2 aromatic rings. The van der Waals surface area contributed by atoms with Crippen LogP contribution in [-0.4, -0.2) is 39.1 Å². The third-order valence-corrected chi connectivity index (χ3v) is 6.10. The molecule has 6 nitrogen and oxygen atoms in total. The Bertz CT molecular complexity index is 1100. The Hall–Kier alpha value is -2.67. The smallest absolute Gasteiger partial charge is 0.390 e. The highest BCUT2D eigenvalue weighted by atomic mass is 19.4. The van der Waals surface area contributed by atoms with Gasteiger partial charge in [-0.3, -0.25) is 9.48 Å². The Morgan fingerprint density at radius 2 is 1.88 bits per heavy atom. The van der Waals surface area contributed by atoms with Crippen LogP contribution in [0.5, 0.6) is 0 Å². The zero-order chi connectivity index (χ0) is 25.2. The maximum Gasteiger partial charge on any atom is 0.435 e. The summed E-state index contributed by atoms with van der Waals surface area (Å²) in [7, 11) is 0. The molecule has 0 radical (unpaired) electrons. The summed E-state index contributed by atoms with van der Waals surface area (Å²) in [6.45, 7) is 3.20. The second-order valence-corrected chi connectivity index (χ2v) is 8.68. The number of fused-ring (bicyclic) bond motifs is 2. The molecule has 2 bridgehead atoms. The lowest BCUT2D eigenvalue weighted by Crippen LogP contribution is -2.41. The molecule has 3 heterocycles. The molecule has 2 fully saturated rings. The number of halogens is 7. The fraction of sp³-hybridized carbons (Fsp3) is 0.524. The van der Waals surface area contributed by atoms with E-state index in [4.69, 9.17) is 4.74 Å². The topological polar surface area (TPSA) is 76.4 Å². The zero-order valence-electron chi connectivity index (χ0n) is 17.8. The van der Waals surface area contributed by atoms with Crippen LogP contribution in [0.2, 0.25) is 0 Å². The maximum atomic E-state index is 14.2. The Morgan fingerprint density at radius 1 is 1.21 bits per heavy atom. The van der Waals surface area contributed by atoms with Gasteiger partial charge in [0.1, 0.15) is 5.82 Å². The molecule has 5 unspecified atom stereocenters. The number of benzene rings is 1. The average molecular weight is 495 g/mol. The second-order valence-electron chi connectivity index (χ2n) is 8.68. The number of aromatic nitrogens is 2. The van der Waals surface area contributed by atoms with Crippen molar-refractivity contribution in [2.24, 2.45) is 5.92 Å². The first-order valence-corrected chi connectivity index (χ1v) is 10.4. The van der Waals surface area contributed by atoms with E-state index in [9.17, 15) is 40.6 Å². The number of alkyl halides is 6. The molecule has 186 valence electrons. The third-order valence-electron chi connectivity index (χ3n) is 6.10. The van der Waals surface area contributed by atoms with Gasteiger partial charge >= 0.3 is 12.4 Å². The van der Waals surface area contributed by atoms with Gasteiger partial charge in [-0.15, -0.1) is 0 Å². The van der Waals surface area contributed by atoms with Crippen molar-refractivity contribution < 1.29 is 45.4 Å². The van der Waals surface area contributed by atoms with E-state index in [1.807, 2.05) is 0 Å². The minimum absolute atomic E-state index is 0.0655. The number of aliphatic hydroxyl groups excluding tert-OH is 1. The molecule has 2 N–H and O–H groups in total. The number of rotatable bonds is 4. The molecule has 1 aromatic heterocycles. The first-order chi connectivity index (χ1) is 15.7. The Labute approximate surface area is 188 Å². The summed E-state index contributed by atoms with van der Waals surface area (Å²) in [6.07, 6.45) is -12.0. The summed E-state index contributed by atoms with van der Waals surface area (Å²) in [5.74, 6) is -4.79. The molecule has 2 aliphatic rings. The fourth-order valence-electron chi connectivity index (χ4n) is 4.56. The minimum atomic E-state index is -4.88. The van der Waals surface area contributed by atoms with E-state index in [1.165, 1.54) is 0 Å². The van der Waals surface area contributed by atoms with Gasteiger partial charge in [0.25, 0.3) is 0 Å². The van der Waals surface area contributed by atoms with Gasteiger partial charge in [0.05, 0.1) is 35.5 Å². The molecule has 0 aliphatic carbocycles. The third kappa shape index (κ3) is 4.26. The molecule has 1 aromatic carbocycles. The molecular weight excluding hydrogens is 475 g/mol. The number of carbonyl (C=O) groups is 1. The predicted molar refractivity (Wildman–Crippen MR) is 103 cm³/mol. The standard InChI is InChI=1S/C21H20F7N3O3/c1-8(2)31-7-10(18(30-31)21(26,27)28)15-16(14-6-13(32)17(15)34-14)19(33)29-12-5-9(20(23,24)25)3-4-11(12)22/h3-5,7-8,13-17,32H,6H2,1-2H3,(H,29,33).